The van der Waals surface area contributed by atoms with Crippen molar-refractivity contribution in [3.63, 3.8) is 0 Å². The van der Waals surface area contributed by atoms with Crippen molar-refractivity contribution in [2.24, 2.45) is 0 Å². The number of fused-ring (bicyclic) bond motifs is 1. The van der Waals surface area contributed by atoms with Crippen LogP contribution in [0.1, 0.15) is 16.7 Å². The number of rotatable bonds is 5. The largest absolute Gasteiger partial charge is 0.342 e. The molecule has 2 heterocycles. The third-order valence-corrected chi connectivity index (χ3v) is 7.34. The van der Waals surface area contributed by atoms with Gasteiger partial charge in [-0.05, 0) is 53.2 Å². The van der Waals surface area contributed by atoms with E-state index in [0.717, 1.165) is 43.8 Å². The molecule has 1 aliphatic rings. The first-order chi connectivity index (χ1) is 16.0. The zero-order valence-electron chi connectivity index (χ0n) is 17.4. The molecule has 0 N–H and O–H groups in total. The normalized spacial score (nSPS) is 15.2. The van der Waals surface area contributed by atoms with Crippen LogP contribution >= 0.6 is 39.3 Å². The lowest BCUT2D eigenvalue weighted by Crippen LogP contribution is -2.27. The summed E-state index contributed by atoms with van der Waals surface area (Å²) in [5, 5.41) is 1.48. The van der Waals surface area contributed by atoms with E-state index in [4.69, 9.17) is 11.6 Å². The Morgan fingerprint density at radius 3 is 2.42 bits per heavy atom. The molecule has 7 heteroatoms. The zero-order chi connectivity index (χ0) is 22.9. The first-order valence-corrected chi connectivity index (χ1v) is 12.3. The number of para-hydroxylation sites is 1. The molecule has 5 rings (SSSR count). The van der Waals surface area contributed by atoms with Gasteiger partial charge in [0.05, 0.1) is 11.4 Å². The van der Waals surface area contributed by atoms with Gasteiger partial charge in [0.15, 0.2) is 0 Å². The summed E-state index contributed by atoms with van der Waals surface area (Å²) in [7, 11) is 0. The summed E-state index contributed by atoms with van der Waals surface area (Å²) in [6.07, 6.45) is 3.83. The van der Waals surface area contributed by atoms with Crippen LogP contribution in [-0.4, -0.2) is 20.6 Å². The number of carbonyl (C=O) groups excluding carboxylic acids is 2. The Bertz CT molecular complexity index is 1410. The number of amides is 2. The molecule has 4 nitrogen and oxygen atoms in total. The van der Waals surface area contributed by atoms with Gasteiger partial charge in [-0.1, -0.05) is 76.1 Å². The van der Waals surface area contributed by atoms with E-state index in [1.807, 2.05) is 85.1 Å². The van der Waals surface area contributed by atoms with Crippen molar-refractivity contribution in [1.82, 2.24) is 9.47 Å². The molecular weight excluding hydrogens is 520 g/mol. The predicted molar refractivity (Wildman–Crippen MR) is 138 cm³/mol. The van der Waals surface area contributed by atoms with Gasteiger partial charge in [0.2, 0.25) is 0 Å². The Hall–Kier alpha value is -2.80. The average molecular weight is 538 g/mol. The van der Waals surface area contributed by atoms with Crippen LogP contribution in [0.2, 0.25) is 5.02 Å². The van der Waals surface area contributed by atoms with Gasteiger partial charge < -0.3 is 4.57 Å². The van der Waals surface area contributed by atoms with E-state index >= 15 is 0 Å². The van der Waals surface area contributed by atoms with E-state index in [-0.39, 0.29) is 17.7 Å². The maximum atomic E-state index is 13.1. The topological polar surface area (TPSA) is 42.3 Å². The van der Waals surface area contributed by atoms with E-state index in [2.05, 4.69) is 20.5 Å². The Morgan fingerprint density at radius 2 is 1.64 bits per heavy atom. The van der Waals surface area contributed by atoms with Gasteiger partial charge in [-0.25, -0.2) is 0 Å². The smallest absolute Gasteiger partial charge is 0.293 e. The summed E-state index contributed by atoms with van der Waals surface area (Å²) < 4.78 is 3.07. The Kier molecular flexibility index (Phi) is 6.15. The van der Waals surface area contributed by atoms with E-state index in [0.29, 0.717) is 16.5 Å². The summed E-state index contributed by atoms with van der Waals surface area (Å²) in [6.45, 7) is 0.864. The molecule has 2 amide bonds. The van der Waals surface area contributed by atoms with Gasteiger partial charge in [-0.15, -0.1) is 0 Å². The van der Waals surface area contributed by atoms with Crippen molar-refractivity contribution in [3.8, 4) is 0 Å². The van der Waals surface area contributed by atoms with Crippen LogP contribution < -0.4 is 0 Å². The van der Waals surface area contributed by atoms with Crippen molar-refractivity contribution < 1.29 is 9.59 Å². The molecule has 0 spiro atoms. The number of hydrogen-bond acceptors (Lipinski definition) is 3. The fraction of sp³-hybridized carbons (Fsp3) is 0.0769. The van der Waals surface area contributed by atoms with Crippen molar-refractivity contribution in [2.45, 2.75) is 13.1 Å². The van der Waals surface area contributed by atoms with Crippen LogP contribution in [0.5, 0.6) is 0 Å². The Balaban J connectivity index is 1.46. The second-order valence-electron chi connectivity index (χ2n) is 7.72. The Labute approximate surface area is 209 Å². The van der Waals surface area contributed by atoms with Crippen LogP contribution in [0.3, 0.4) is 0 Å². The van der Waals surface area contributed by atoms with Gasteiger partial charge >= 0.3 is 0 Å². The van der Waals surface area contributed by atoms with Crippen LogP contribution in [0.15, 0.2) is 88.4 Å². The molecule has 4 aromatic rings. The molecule has 1 aliphatic heterocycles. The number of thioether (sulfide) groups is 1. The summed E-state index contributed by atoms with van der Waals surface area (Å²) in [5.41, 5.74) is 3.85. The molecule has 1 fully saturated rings. The summed E-state index contributed by atoms with van der Waals surface area (Å²) in [4.78, 5) is 27.4. The lowest BCUT2D eigenvalue weighted by atomic mass is 10.1. The standard InChI is InChI=1S/C26H18BrClN2O2S/c27-20-11-9-17(10-12-20)14-30-25(31)24(33-26(30)32)13-19-16-29(23-8-4-2-6-21(19)23)15-18-5-1-3-7-22(18)28/h1-13,16H,14-15H2. The minimum atomic E-state index is -0.268. The number of halogens is 2. The van der Waals surface area contributed by atoms with Crippen LogP contribution in [0.4, 0.5) is 4.79 Å². The quantitative estimate of drug-likeness (QED) is 0.250. The van der Waals surface area contributed by atoms with Gasteiger partial charge in [0, 0.05) is 38.7 Å². The molecule has 0 bridgehead atoms. The molecule has 1 saturated heterocycles. The van der Waals surface area contributed by atoms with Crippen LogP contribution in [-0.2, 0) is 17.9 Å². The first kappa shape index (κ1) is 22.0. The van der Waals surface area contributed by atoms with Crippen molar-refractivity contribution in [1.29, 1.82) is 0 Å². The van der Waals surface area contributed by atoms with Crippen molar-refractivity contribution in [2.75, 3.05) is 0 Å². The van der Waals surface area contributed by atoms with Gasteiger partial charge in [0.25, 0.3) is 11.1 Å². The number of imide groups is 1. The molecule has 33 heavy (non-hydrogen) atoms. The fourth-order valence-corrected chi connectivity index (χ4v) is 5.17. The highest BCUT2D eigenvalue weighted by molar-refractivity contribution is 9.10. The summed E-state index contributed by atoms with van der Waals surface area (Å²) in [6, 6.07) is 23.4. The molecule has 0 saturated carbocycles. The van der Waals surface area contributed by atoms with Crippen LogP contribution in [0, 0.1) is 0 Å². The highest BCUT2D eigenvalue weighted by atomic mass is 79.9. The molecule has 164 valence electrons. The monoisotopic (exact) mass is 536 g/mol. The number of aromatic nitrogens is 1. The highest BCUT2D eigenvalue weighted by Gasteiger charge is 2.35. The number of benzene rings is 3. The van der Waals surface area contributed by atoms with E-state index < -0.39 is 0 Å². The predicted octanol–water partition coefficient (Wildman–Crippen LogP) is 7.34. The molecule has 0 atom stereocenters. The van der Waals surface area contributed by atoms with Gasteiger partial charge in [-0.2, -0.15) is 0 Å². The van der Waals surface area contributed by atoms with E-state index in [9.17, 15) is 9.59 Å². The average Bonchev–Trinajstić information content (AvgIpc) is 3.29. The Morgan fingerprint density at radius 1 is 0.909 bits per heavy atom. The molecule has 0 unspecified atom stereocenters. The van der Waals surface area contributed by atoms with E-state index in [1.165, 1.54) is 4.90 Å². The minimum Gasteiger partial charge on any atom is -0.342 e. The number of hydrogen-bond donors (Lipinski definition) is 0. The van der Waals surface area contributed by atoms with Gasteiger partial charge in [-0.3, -0.25) is 14.5 Å². The van der Waals surface area contributed by atoms with Crippen molar-refractivity contribution >= 4 is 67.4 Å². The number of carbonyl (C=O) groups is 2. The van der Waals surface area contributed by atoms with Crippen LogP contribution in [0.25, 0.3) is 17.0 Å². The maximum Gasteiger partial charge on any atom is 0.293 e. The third-order valence-electron chi connectivity index (χ3n) is 5.53. The lowest BCUT2D eigenvalue weighted by Gasteiger charge is -2.12. The SMILES string of the molecule is O=C1SC(=Cc2cn(Cc3ccccc3Cl)c3ccccc23)C(=O)N1Cc1ccc(Br)cc1. The zero-order valence-corrected chi connectivity index (χ0v) is 20.5. The summed E-state index contributed by atoms with van der Waals surface area (Å²) in [5.74, 6) is -0.268. The highest BCUT2D eigenvalue weighted by Crippen LogP contribution is 2.35. The molecule has 1 aromatic heterocycles. The lowest BCUT2D eigenvalue weighted by molar-refractivity contribution is -0.123. The maximum absolute atomic E-state index is 13.1. The van der Waals surface area contributed by atoms with E-state index in [1.54, 1.807) is 0 Å². The third kappa shape index (κ3) is 4.51. The molecule has 3 aromatic carbocycles. The van der Waals surface area contributed by atoms with Crippen molar-refractivity contribution in [3.05, 3.63) is 110 Å². The summed E-state index contributed by atoms with van der Waals surface area (Å²) >= 11 is 10.8. The minimum absolute atomic E-state index is 0.254. The molecule has 0 radical (unpaired) electrons. The molecule has 0 aliphatic carbocycles. The fourth-order valence-electron chi connectivity index (χ4n) is 3.88. The van der Waals surface area contributed by atoms with Gasteiger partial charge in [0.1, 0.15) is 0 Å². The first-order valence-electron chi connectivity index (χ1n) is 10.3. The second-order valence-corrected chi connectivity index (χ2v) is 10.0. The number of nitrogens with zero attached hydrogens (tertiary/aromatic N) is 2. The molecular formula is C26H18BrClN2O2S. The second kappa shape index (κ2) is 9.21.